The fourth-order valence-corrected chi connectivity index (χ4v) is 12.3. The number of halogens is 2. The number of Topliss-reactive ketones (excluding diaryl/α,β-unsaturated/α-hetero) is 1. The Morgan fingerprint density at radius 3 is 2.44 bits per heavy atom. The standard InChI is InChI=1S/C57H60ClFN6O18S2/c1-4-43(68)62-37-22-32-36(23-40(37)79-14-6-11-64-12-15-78-16-13-64)60-28-61-54(32)65(30-9-10-35(59)34(58)21-30)56(75)81-18-20-85-84-19-17-80-55(74)63-38-24-44(82-29(2)49(38)69)83-41-26-57(76,42(67)27-66)25-33-46(41)53(73)48-47(51(33)71)50(70)31-7-5-8-39(77-3)45(31)52(48)72/h4-5,7-10,21-23,28-29,38,41,44,49,66,69,71,73,76H,1,6,11-20,24-27H2,2-3H3,(H,62,68)(H,63,74)/t29?,38?,41-,44?,49?,57-/m0/s1. The average molecular weight is 1240 g/mol. The molecule has 2 fully saturated rings. The smallest absolute Gasteiger partial charge is 0.420 e. The summed E-state index contributed by atoms with van der Waals surface area (Å²) in [5, 5.41) is 61.6. The monoisotopic (exact) mass is 1230 g/mol. The number of nitrogens with zero attached hydrogens (tertiary/aromatic N) is 4. The Labute approximate surface area is 498 Å². The number of aromatic hydroxyl groups is 2. The predicted molar refractivity (Wildman–Crippen MR) is 308 cm³/mol. The van der Waals surface area contributed by atoms with E-state index in [1.165, 1.54) is 72.3 Å². The van der Waals surface area contributed by atoms with E-state index in [0.29, 0.717) is 37.5 Å². The maximum atomic E-state index is 14.5. The van der Waals surface area contributed by atoms with E-state index in [1.54, 1.807) is 12.1 Å². The normalized spacial score (nSPS) is 21.0. The zero-order chi connectivity index (χ0) is 60.7. The second-order valence-electron chi connectivity index (χ2n) is 20.0. The second-order valence-corrected chi connectivity index (χ2v) is 23.1. The topological polar surface area (TPSA) is 324 Å². The highest BCUT2D eigenvalue weighted by Gasteiger charge is 2.50. The molecule has 28 heteroatoms. The van der Waals surface area contributed by atoms with E-state index >= 15 is 0 Å². The van der Waals surface area contributed by atoms with E-state index in [9.17, 15) is 58.7 Å². The zero-order valence-electron chi connectivity index (χ0n) is 45.9. The van der Waals surface area contributed by atoms with Gasteiger partial charge in [-0.05, 0) is 49.8 Å². The Hall–Kier alpha value is -7.18. The third-order valence-electron chi connectivity index (χ3n) is 14.6. The van der Waals surface area contributed by atoms with Gasteiger partial charge in [0.25, 0.3) is 0 Å². The molecular weight excluding hydrogens is 1180 g/mol. The summed E-state index contributed by atoms with van der Waals surface area (Å²) in [6.45, 7) is 7.70. The van der Waals surface area contributed by atoms with Gasteiger partial charge in [-0.2, -0.15) is 0 Å². The van der Waals surface area contributed by atoms with Crippen LogP contribution < -0.4 is 25.0 Å². The Balaban J connectivity index is 0.803. The van der Waals surface area contributed by atoms with Gasteiger partial charge >= 0.3 is 12.2 Å². The van der Waals surface area contributed by atoms with Gasteiger partial charge in [0.15, 0.2) is 23.7 Å². The lowest BCUT2D eigenvalue weighted by molar-refractivity contribution is -0.249. The number of amides is 3. The summed E-state index contributed by atoms with van der Waals surface area (Å²) in [6, 6.07) is 9.96. The van der Waals surface area contributed by atoms with Crippen LogP contribution >= 0.6 is 33.2 Å². The molecular formula is C57H60ClFN6O18S2. The van der Waals surface area contributed by atoms with Gasteiger partial charge in [0.05, 0.1) is 83.8 Å². The number of ether oxygens (including phenoxy) is 7. The van der Waals surface area contributed by atoms with Crippen molar-refractivity contribution >= 4 is 96.7 Å². The molecule has 6 atom stereocenters. The molecule has 7 N–H and O–H groups in total. The van der Waals surface area contributed by atoms with Crippen LogP contribution in [0.3, 0.4) is 0 Å². The minimum absolute atomic E-state index is 0.0141. The number of fused-ring (bicyclic) bond motifs is 4. The third kappa shape index (κ3) is 13.6. The highest BCUT2D eigenvalue weighted by molar-refractivity contribution is 8.76. The zero-order valence-corrected chi connectivity index (χ0v) is 48.3. The number of aliphatic hydroxyl groups is 3. The lowest BCUT2D eigenvalue weighted by atomic mass is 9.72. The molecule has 85 heavy (non-hydrogen) atoms. The lowest BCUT2D eigenvalue weighted by Crippen LogP contribution is -2.56. The maximum absolute atomic E-state index is 14.5. The predicted octanol–water partition coefficient (Wildman–Crippen LogP) is 6.09. The number of hydrogen-bond acceptors (Lipinski definition) is 23. The summed E-state index contributed by atoms with van der Waals surface area (Å²) in [4.78, 5) is 93.1. The number of aliphatic hydroxyl groups excluding tert-OH is 2. The molecule has 9 rings (SSSR count). The van der Waals surface area contributed by atoms with Gasteiger partial charge in [0.2, 0.25) is 11.7 Å². The van der Waals surface area contributed by atoms with Crippen LogP contribution in [-0.4, -0.2) is 184 Å². The maximum Gasteiger partial charge on any atom is 0.420 e. The van der Waals surface area contributed by atoms with Gasteiger partial charge in [-0.15, -0.1) is 0 Å². The van der Waals surface area contributed by atoms with E-state index in [4.69, 9.17) is 44.8 Å². The molecule has 0 saturated carbocycles. The first-order chi connectivity index (χ1) is 40.9. The van der Waals surface area contributed by atoms with Crippen LogP contribution in [-0.2, 0) is 39.7 Å². The summed E-state index contributed by atoms with van der Waals surface area (Å²) in [5.74, 6) is -4.75. The van der Waals surface area contributed by atoms with Crippen LogP contribution in [0.4, 0.5) is 31.2 Å². The number of phenols is 2. The largest absolute Gasteiger partial charge is 0.507 e. The summed E-state index contributed by atoms with van der Waals surface area (Å²) in [6.07, 6.45) is -5.62. The quantitative estimate of drug-likeness (QED) is 0.0175. The molecule has 0 spiro atoms. The molecule has 2 saturated heterocycles. The number of methoxy groups -OCH3 is 1. The van der Waals surface area contributed by atoms with Crippen LogP contribution in [0.15, 0.2) is 67.5 Å². The number of nitrogens with one attached hydrogen (secondary N) is 2. The number of carbonyl (C=O) groups is 6. The number of hydrogen-bond donors (Lipinski definition) is 7. The first-order valence-corrected chi connectivity index (χ1v) is 29.7. The molecule has 3 amide bonds. The van der Waals surface area contributed by atoms with Crippen molar-refractivity contribution < 1.29 is 91.8 Å². The van der Waals surface area contributed by atoms with Crippen LogP contribution in [0.2, 0.25) is 5.02 Å². The molecule has 0 radical (unpaired) electrons. The van der Waals surface area contributed by atoms with E-state index in [1.807, 2.05) is 0 Å². The number of carbonyl (C=O) groups excluding carboxylic acids is 6. The SMILES string of the molecule is C=CC(=O)Nc1cc2c(N(C(=O)OCCSSCCOC(=O)NC3CC(O[C@H]4C[C@](O)(C(=O)CO)Cc5c(O)c6c(c(O)c54)C(=O)c4c(OC)cccc4C6=O)OC(C)C3O)c3ccc(F)c(Cl)c3)ncnc2cc1OCCCN1CCOCC1. The van der Waals surface area contributed by atoms with E-state index in [0.717, 1.165) is 36.7 Å². The first kappa shape index (κ1) is 62.4. The van der Waals surface area contributed by atoms with Crippen molar-refractivity contribution in [3.05, 3.63) is 112 Å². The van der Waals surface area contributed by atoms with Crippen molar-refractivity contribution in [2.45, 2.75) is 68.9 Å². The lowest BCUT2D eigenvalue weighted by Gasteiger charge is -2.42. The van der Waals surface area contributed by atoms with Crippen molar-refractivity contribution in [2.75, 3.05) is 88.1 Å². The van der Waals surface area contributed by atoms with E-state index in [-0.39, 0.29) is 86.7 Å². The minimum atomic E-state index is -2.41. The molecule has 4 unspecified atom stereocenters. The van der Waals surface area contributed by atoms with E-state index < -0.39 is 120 Å². The van der Waals surface area contributed by atoms with Gasteiger partial charge in [-0.3, -0.25) is 24.1 Å². The molecule has 4 aliphatic rings. The number of benzene rings is 4. The van der Waals surface area contributed by atoms with Crippen LogP contribution in [0.25, 0.3) is 10.9 Å². The fraction of sp³-hybridized carbons (Fsp3) is 0.404. The van der Waals surface area contributed by atoms with Gasteiger partial charge in [-0.1, -0.05) is 51.9 Å². The molecule has 3 heterocycles. The van der Waals surface area contributed by atoms with Crippen LogP contribution in [0.1, 0.15) is 75.3 Å². The highest BCUT2D eigenvalue weighted by atomic mass is 35.5. The number of rotatable bonds is 22. The summed E-state index contributed by atoms with van der Waals surface area (Å²) >= 11 is 6.20. The fourth-order valence-electron chi connectivity index (χ4n) is 10.4. The first-order valence-electron chi connectivity index (χ1n) is 26.8. The van der Waals surface area contributed by atoms with Gasteiger partial charge in [0.1, 0.15) is 66.7 Å². The molecule has 2 aliphatic carbocycles. The summed E-state index contributed by atoms with van der Waals surface area (Å²) in [7, 11) is 3.86. The average Bonchev–Trinajstić information content (AvgIpc) is 0.919. The van der Waals surface area contributed by atoms with Gasteiger partial charge in [-0.25, -0.2) is 28.8 Å². The third-order valence-corrected chi connectivity index (χ3v) is 17.3. The summed E-state index contributed by atoms with van der Waals surface area (Å²) < 4.78 is 54.7. The Morgan fingerprint density at radius 1 is 0.976 bits per heavy atom. The molecule has 2 aliphatic heterocycles. The number of ketones is 3. The Morgan fingerprint density at radius 2 is 1.72 bits per heavy atom. The Kier molecular flexibility index (Phi) is 20.1. The van der Waals surface area contributed by atoms with Crippen LogP contribution in [0, 0.1) is 5.82 Å². The number of alkyl carbamates (subject to hydrolysis) is 1. The highest BCUT2D eigenvalue weighted by Crippen LogP contribution is 2.53. The Bertz CT molecular complexity index is 3410. The van der Waals surface area contributed by atoms with E-state index in [2.05, 4.69) is 32.1 Å². The molecule has 5 aromatic rings. The van der Waals surface area contributed by atoms with Crippen LogP contribution in [0.5, 0.6) is 23.0 Å². The molecule has 4 aromatic carbocycles. The van der Waals surface area contributed by atoms with Crippen molar-refractivity contribution in [3.63, 3.8) is 0 Å². The summed E-state index contributed by atoms with van der Waals surface area (Å²) in [5.41, 5.74) is -3.67. The van der Waals surface area contributed by atoms with Crippen molar-refractivity contribution in [1.82, 2.24) is 20.2 Å². The minimum Gasteiger partial charge on any atom is -0.507 e. The van der Waals surface area contributed by atoms with Gasteiger partial charge in [0, 0.05) is 78.5 Å². The molecule has 0 bridgehead atoms. The number of morpholine rings is 1. The second kappa shape index (κ2) is 27.5. The van der Waals surface area contributed by atoms with Crippen molar-refractivity contribution in [1.29, 1.82) is 0 Å². The van der Waals surface area contributed by atoms with Crippen molar-refractivity contribution in [2.24, 2.45) is 0 Å². The number of phenolic OH excluding ortho intramolecular Hbond substituents is 2. The van der Waals surface area contributed by atoms with Crippen molar-refractivity contribution in [3.8, 4) is 23.0 Å². The number of anilines is 3. The molecule has 24 nitrogen and oxygen atoms in total. The molecule has 1 aromatic heterocycles. The number of aromatic nitrogens is 2. The molecule has 452 valence electrons. The van der Waals surface area contributed by atoms with Gasteiger partial charge < -0.3 is 69.3 Å².